The van der Waals surface area contributed by atoms with Gasteiger partial charge in [0.15, 0.2) is 0 Å². The second-order valence-electron chi connectivity index (χ2n) is 3.60. The van der Waals surface area contributed by atoms with Gasteiger partial charge in [0.2, 0.25) is 5.91 Å². The first kappa shape index (κ1) is 10.5. The zero-order valence-electron chi connectivity index (χ0n) is 8.36. The highest BCUT2D eigenvalue weighted by Crippen LogP contribution is 2.13. The van der Waals surface area contributed by atoms with Crippen LogP contribution in [0, 0.1) is 0 Å². The van der Waals surface area contributed by atoms with Crippen LogP contribution in [-0.4, -0.2) is 60.1 Å². The number of likely N-dealkylation sites (tertiary alicyclic amines) is 1. The molecule has 1 atom stereocenters. The van der Waals surface area contributed by atoms with Crippen molar-refractivity contribution in [3.05, 3.63) is 0 Å². The van der Waals surface area contributed by atoms with E-state index in [0.29, 0.717) is 6.04 Å². The molecule has 4 heteroatoms. The van der Waals surface area contributed by atoms with Crippen molar-refractivity contribution in [3.63, 3.8) is 0 Å². The summed E-state index contributed by atoms with van der Waals surface area (Å²) in [6.45, 7) is 4.41. The van der Waals surface area contributed by atoms with Crippen LogP contribution in [0.2, 0.25) is 0 Å². The Bertz CT molecular complexity index is 184. The highest BCUT2D eigenvalue weighted by molar-refractivity contribution is 5.73. The lowest BCUT2D eigenvalue weighted by molar-refractivity contribution is -0.129. The van der Waals surface area contributed by atoms with Crippen LogP contribution in [0.4, 0.5) is 0 Å². The number of likely N-dealkylation sites (N-methyl/N-ethyl adjacent to an activating group) is 1. The summed E-state index contributed by atoms with van der Waals surface area (Å²) in [6, 6.07) is 0.337. The van der Waals surface area contributed by atoms with Crippen molar-refractivity contribution in [3.8, 4) is 0 Å². The first-order chi connectivity index (χ1) is 6.15. The second kappa shape index (κ2) is 4.58. The summed E-state index contributed by atoms with van der Waals surface area (Å²) in [5.41, 5.74) is 0. The van der Waals surface area contributed by atoms with E-state index in [1.165, 1.54) is 0 Å². The number of aliphatic hydroxyl groups is 1. The molecule has 1 aliphatic heterocycles. The number of β-amino-alcohol motifs (C(OH)–C–C–N with tert-alkyl or cyclic N) is 1. The van der Waals surface area contributed by atoms with Crippen LogP contribution in [0.3, 0.4) is 0 Å². The zero-order valence-corrected chi connectivity index (χ0v) is 8.36. The molecular formula is C9H18N2O2. The van der Waals surface area contributed by atoms with Crippen molar-refractivity contribution in [1.29, 1.82) is 0 Å². The Morgan fingerprint density at radius 3 is 2.92 bits per heavy atom. The Balaban J connectivity index is 2.36. The topological polar surface area (TPSA) is 43.8 Å². The van der Waals surface area contributed by atoms with Crippen LogP contribution in [0.15, 0.2) is 0 Å². The fourth-order valence-corrected chi connectivity index (χ4v) is 1.73. The van der Waals surface area contributed by atoms with Gasteiger partial charge in [0.05, 0.1) is 6.61 Å². The third kappa shape index (κ3) is 2.67. The lowest BCUT2D eigenvalue weighted by atomic mass is 10.2. The maximum absolute atomic E-state index is 11.1. The van der Waals surface area contributed by atoms with Crippen molar-refractivity contribution >= 4 is 5.91 Å². The summed E-state index contributed by atoms with van der Waals surface area (Å²) >= 11 is 0. The molecule has 0 aromatic rings. The molecule has 1 rings (SSSR count). The van der Waals surface area contributed by atoms with E-state index in [2.05, 4.69) is 4.90 Å². The van der Waals surface area contributed by atoms with Crippen molar-refractivity contribution in [2.24, 2.45) is 0 Å². The van der Waals surface area contributed by atoms with Crippen LogP contribution >= 0.6 is 0 Å². The van der Waals surface area contributed by atoms with Crippen molar-refractivity contribution in [2.45, 2.75) is 19.4 Å². The van der Waals surface area contributed by atoms with Crippen molar-refractivity contribution in [1.82, 2.24) is 9.80 Å². The minimum Gasteiger partial charge on any atom is -0.395 e. The standard InChI is InChI=1S/C9H18N2O2/c1-8(13)10(2)9-3-4-11(7-9)5-6-12/h9,12H,3-7H2,1-2H3/t9-/m0/s1. The number of hydrogen-bond acceptors (Lipinski definition) is 3. The van der Waals surface area contributed by atoms with E-state index in [9.17, 15) is 4.79 Å². The van der Waals surface area contributed by atoms with Gasteiger partial charge in [-0.3, -0.25) is 9.69 Å². The molecule has 0 bridgehead atoms. The molecule has 0 saturated carbocycles. The van der Waals surface area contributed by atoms with Crippen LogP contribution in [0.25, 0.3) is 0 Å². The lowest BCUT2D eigenvalue weighted by Crippen LogP contribution is -2.38. The van der Waals surface area contributed by atoms with Crippen LogP contribution < -0.4 is 0 Å². The summed E-state index contributed by atoms with van der Waals surface area (Å²) in [7, 11) is 1.84. The van der Waals surface area contributed by atoms with Gasteiger partial charge in [-0.1, -0.05) is 0 Å². The van der Waals surface area contributed by atoms with E-state index in [1.54, 1.807) is 11.8 Å². The first-order valence-electron chi connectivity index (χ1n) is 4.71. The molecule has 1 amide bonds. The largest absolute Gasteiger partial charge is 0.395 e. The Kier molecular flexibility index (Phi) is 3.69. The van der Waals surface area contributed by atoms with Gasteiger partial charge in [-0.15, -0.1) is 0 Å². The average Bonchev–Trinajstić information content (AvgIpc) is 2.52. The Hall–Kier alpha value is -0.610. The van der Waals surface area contributed by atoms with Crippen molar-refractivity contribution < 1.29 is 9.90 Å². The highest BCUT2D eigenvalue weighted by Gasteiger charge is 2.26. The van der Waals surface area contributed by atoms with Crippen molar-refractivity contribution in [2.75, 3.05) is 33.3 Å². The third-order valence-corrected chi connectivity index (χ3v) is 2.71. The molecule has 0 unspecified atom stereocenters. The third-order valence-electron chi connectivity index (χ3n) is 2.71. The summed E-state index contributed by atoms with van der Waals surface area (Å²) in [4.78, 5) is 15.0. The molecule has 0 aromatic carbocycles. The normalized spacial score (nSPS) is 23.5. The number of hydrogen-bond donors (Lipinski definition) is 1. The summed E-state index contributed by atoms with van der Waals surface area (Å²) in [6.07, 6.45) is 1.02. The summed E-state index contributed by atoms with van der Waals surface area (Å²) in [5, 5.41) is 8.74. The minimum atomic E-state index is 0.121. The number of nitrogens with zero attached hydrogens (tertiary/aromatic N) is 2. The van der Waals surface area contributed by atoms with Crippen LogP contribution in [0.5, 0.6) is 0 Å². The predicted octanol–water partition coefficient (Wildman–Crippen LogP) is -0.469. The van der Waals surface area contributed by atoms with Gasteiger partial charge < -0.3 is 10.0 Å². The Morgan fingerprint density at radius 1 is 1.69 bits per heavy atom. The molecule has 1 aliphatic rings. The Morgan fingerprint density at radius 2 is 2.38 bits per heavy atom. The van der Waals surface area contributed by atoms with E-state index >= 15 is 0 Å². The molecule has 1 N–H and O–H groups in total. The Labute approximate surface area is 79.1 Å². The molecule has 1 fully saturated rings. The maximum atomic E-state index is 11.1. The van der Waals surface area contributed by atoms with E-state index < -0.39 is 0 Å². The fourth-order valence-electron chi connectivity index (χ4n) is 1.73. The number of aliphatic hydroxyl groups excluding tert-OH is 1. The van der Waals surface area contributed by atoms with Gasteiger partial charge in [0.1, 0.15) is 0 Å². The first-order valence-corrected chi connectivity index (χ1v) is 4.71. The number of rotatable bonds is 3. The number of amides is 1. The van der Waals surface area contributed by atoms with Crippen LogP contribution in [0.1, 0.15) is 13.3 Å². The monoisotopic (exact) mass is 186 g/mol. The number of carbonyl (C=O) groups excluding carboxylic acids is 1. The molecule has 1 heterocycles. The maximum Gasteiger partial charge on any atom is 0.219 e. The molecule has 1 saturated heterocycles. The molecule has 0 aromatic heterocycles. The quantitative estimate of drug-likeness (QED) is 0.648. The minimum absolute atomic E-state index is 0.121. The molecule has 4 nitrogen and oxygen atoms in total. The fraction of sp³-hybridized carbons (Fsp3) is 0.889. The van der Waals surface area contributed by atoms with Gasteiger partial charge in [-0.25, -0.2) is 0 Å². The predicted molar refractivity (Wildman–Crippen MR) is 50.4 cm³/mol. The second-order valence-corrected chi connectivity index (χ2v) is 3.60. The molecule has 0 aliphatic carbocycles. The molecular weight excluding hydrogens is 168 g/mol. The smallest absolute Gasteiger partial charge is 0.219 e. The van der Waals surface area contributed by atoms with Crippen LogP contribution in [-0.2, 0) is 4.79 Å². The van der Waals surface area contributed by atoms with E-state index in [0.717, 1.165) is 26.1 Å². The molecule has 0 radical (unpaired) electrons. The summed E-state index contributed by atoms with van der Waals surface area (Å²) in [5.74, 6) is 0.121. The molecule has 76 valence electrons. The molecule has 13 heavy (non-hydrogen) atoms. The van der Waals surface area contributed by atoms with Gasteiger partial charge >= 0.3 is 0 Å². The molecule has 0 spiro atoms. The van der Waals surface area contributed by atoms with E-state index in [4.69, 9.17) is 5.11 Å². The highest BCUT2D eigenvalue weighted by atomic mass is 16.3. The van der Waals surface area contributed by atoms with E-state index in [1.807, 2.05) is 7.05 Å². The van der Waals surface area contributed by atoms with Gasteiger partial charge in [-0.05, 0) is 6.42 Å². The number of carbonyl (C=O) groups is 1. The zero-order chi connectivity index (χ0) is 9.84. The van der Waals surface area contributed by atoms with Gasteiger partial charge in [0, 0.05) is 39.6 Å². The average molecular weight is 186 g/mol. The SMILES string of the molecule is CC(=O)N(C)[C@H]1CCN(CCO)C1. The van der Waals surface area contributed by atoms with Gasteiger partial charge in [0.25, 0.3) is 0 Å². The summed E-state index contributed by atoms with van der Waals surface area (Å²) < 4.78 is 0. The lowest BCUT2D eigenvalue weighted by Gasteiger charge is -2.23. The van der Waals surface area contributed by atoms with E-state index in [-0.39, 0.29) is 12.5 Å². The van der Waals surface area contributed by atoms with Gasteiger partial charge in [-0.2, -0.15) is 0 Å².